The minimum absolute atomic E-state index is 0.0971. The summed E-state index contributed by atoms with van der Waals surface area (Å²) in [6.45, 7) is 6.08. The fraction of sp³-hybridized carbons (Fsp3) is 0.643. The largest absolute Gasteiger partial charge is 0.386 e. The number of anilines is 1. The molecular weight excluding hydrogens is 487 g/mol. The highest BCUT2D eigenvalue weighted by molar-refractivity contribution is 5.75. The normalized spacial score (nSPS) is 26.4. The van der Waals surface area contributed by atoms with Crippen LogP contribution in [0.1, 0.15) is 75.6 Å². The summed E-state index contributed by atoms with van der Waals surface area (Å²) in [4.78, 5) is 20.4. The number of ether oxygens (including phenoxy) is 2. The summed E-state index contributed by atoms with van der Waals surface area (Å²) in [5.41, 5.74) is 2.34. The van der Waals surface area contributed by atoms with Gasteiger partial charge in [0.2, 0.25) is 5.95 Å². The highest BCUT2D eigenvalue weighted by Crippen LogP contribution is 2.46. The third-order valence-corrected chi connectivity index (χ3v) is 8.09. The van der Waals surface area contributed by atoms with E-state index in [4.69, 9.17) is 19.4 Å². The predicted octanol–water partition coefficient (Wildman–Crippen LogP) is 4.13. The summed E-state index contributed by atoms with van der Waals surface area (Å²) >= 11 is 0. The Morgan fingerprint density at radius 3 is 2.79 bits per heavy atom. The van der Waals surface area contributed by atoms with Crippen LogP contribution in [0.2, 0.25) is 0 Å². The van der Waals surface area contributed by atoms with E-state index in [1.165, 1.54) is 0 Å². The van der Waals surface area contributed by atoms with E-state index in [0.29, 0.717) is 31.9 Å². The van der Waals surface area contributed by atoms with Crippen molar-refractivity contribution in [2.75, 3.05) is 24.6 Å². The molecule has 0 amide bonds. The van der Waals surface area contributed by atoms with Gasteiger partial charge in [0, 0.05) is 37.5 Å². The van der Waals surface area contributed by atoms with Crippen molar-refractivity contribution in [3.63, 3.8) is 0 Å². The summed E-state index contributed by atoms with van der Waals surface area (Å²) in [7, 11) is 0. The van der Waals surface area contributed by atoms with Crippen LogP contribution in [0.4, 0.5) is 10.3 Å². The Morgan fingerprint density at radius 2 is 2.05 bits per heavy atom. The third kappa shape index (κ3) is 5.13. The number of rotatable bonds is 8. The van der Waals surface area contributed by atoms with Crippen LogP contribution in [0.3, 0.4) is 0 Å². The highest BCUT2D eigenvalue weighted by atomic mass is 19.1. The molecule has 10 heteroatoms. The maximum Gasteiger partial charge on any atom is 0.225 e. The van der Waals surface area contributed by atoms with E-state index in [9.17, 15) is 9.50 Å². The van der Waals surface area contributed by atoms with Gasteiger partial charge in [-0.2, -0.15) is 0 Å². The van der Waals surface area contributed by atoms with E-state index < -0.39 is 11.8 Å². The van der Waals surface area contributed by atoms with Crippen molar-refractivity contribution in [3.8, 4) is 0 Å². The molecule has 1 unspecified atom stereocenters. The molecule has 204 valence electrons. The van der Waals surface area contributed by atoms with Crippen LogP contribution in [0, 0.1) is 5.92 Å². The van der Waals surface area contributed by atoms with E-state index in [1.54, 1.807) is 6.20 Å². The average molecular weight is 525 g/mol. The summed E-state index contributed by atoms with van der Waals surface area (Å²) in [5.74, 6) is 1.46. The van der Waals surface area contributed by atoms with Crippen LogP contribution in [0.25, 0.3) is 11.0 Å². The molecule has 3 fully saturated rings. The first kappa shape index (κ1) is 25.6. The molecule has 3 atom stereocenters. The molecule has 3 aliphatic rings. The molecule has 1 aliphatic carbocycles. The number of aromatic nitrogens is 5. The van der Waals surface area contributed by atoms with Crippen LogP contribution in [0.5, 0.6) is 0 Å². The molecule has 0 bridgehead atoms. The summed E-state index contributed by atoms with van der Waals surface area (Å²) in [6.07, 6.45) is 7.95. The van der Waals surface area contributed by atoms with Crippen LogP contribution in [-0.2, 0) is 22.5 Å². The monoisotopic (exact) mass is 524 g/mol. The molecule has 2 aliphatic heterocycles. The zero-order valence-electron chi connectivity index (χ0n) is 22.2. The van der Waals surface area contributed by atoms with Gasteiger partial charge in [-0.15, -0.1) is 0 Å². The molecule has 0 radical (unpaired) electrons. The molecule has 1 N–H and O–H groups in total. The maximum atomic E-state index is 14.9. The van der Waals surface area contributed by atoms with E-state index in [-0.39, 0.29) is 24.8 Å². The molecule has 3 aromatic rings. The number of nitrogens with zero attached hydrogens (tertiary/aromatic N) is 6. The van der Waals surface area contributed by atoms with Crippen LogP contribution in [-0.4, -0.2) is 67.4 Å². The number of hydrogen-bond donors (Lipinski definition) is 1. The lowest BCUT2D eigenvalue weighted by molar-refractivity contribution is -0.170. The minimum atomic E-state index is -1.29. The maximum absolute atomic E-state index is 14.9. The fourth-order valence-electron chi connectivity index (χ4n) is 5.83. The molecule has 38 heavy (non-hydrogen) atoms. The molecule has 6 rings (SSSR count). The van der Waals surface area contributed by atoms with Crippen molar-refractivity contribution in [1.82, 2.24) is 24.5 Å². The zero-order chi connectivity index (χ0) is 26.3. The van der Waals surface area contributed by atoms with Gasteiger partial charge in [-0.25, -0.2) is 19.3 Å². The number of fused-ring (bicyclic) bond motifs is 1. The number of piperidine rings is 1. The van der Waals surface area contributed by atoms with Crippen LogP contribution >= 0.6 is 0 Å². The van der Waals surface area contributed by atoms with Gasteiger partial charge in [0.25, 0.3) is 0 Å². The number of aliphatic hydroxyl groups is 1. The first-order valence-electron chi connectivity index (χ1n) is 13.9. The van der Waals surface area contributed by atoms with E-state index in [0.717, 1.165) is 67.0 Å². The van der Waals surface area contributed by atoms with Gasteiger partial charge >= 0.3 is 0 Å². The van der Waals surface area contributed by atoms with Crippen molar-refractivity contribution >= 4 is 17.0 Å². The number of alkyl halides is 1. The van der Waals surface area contributed by atoms with Crippen molar-refractivity contribution in [2.45, 2.75) is 89.5 Å². The lowest BCUT2D eigenvalue weighted by Gasteiger charge is -2.41. The Labute approximate surface area is 222 Å². The lowest BCUT2D eigenvalue weighted by Crippen LogP contribution is -2.55. The molecular formula is C28H37FN6O3. The van der Waals surface area contributed by atoms with Crippen molar-refractivity contribution in [3.05, 3.63) is 41.7 Å². The SMILES string of the molecule is CC(C)n1c(COC2CCCCO2)nc2cnc(Cc3ccnc(N4CC[C@@](O)(C5CC5)[C@H](F)C4)n3)cc21. The Morgan fingerprint density at radius 1 is 1.18 bits per heavy atom. The summed E-state index contributed by atoms with van der Waals surface area (Å²) in [6, 6.07) is 4.14. The van der Waals surface area contributed by atoms with Crippen molar-refractivity contribution in [2.24, 2.45) is 5.92 Å². The average Bonchev–Trinajstić information content (AvgIpc) is 3.71. The van der Waals surface area contributed by atoms with Crippen LogP contribution in [0.15, 0.2) is 24.5 Å². The third-order valence-electron chi connectivity index (χ3n) is 8.09. The van der Waals surface area contributed by atoms with Crippen LogP contribution < -0.4 is 4.90 Å². The second kappa shape index (κ2) is 10.5. The first-order valence-corrected chi connectivity index (χ1v) is 13.9. The van der Waals surface area contributed by atoms with Crippen molar-refractivity contribution < 1.29 is 19.0 Å². The predicted molar refractivity (Wildman–Crippen MR) is 141 cm³/mol. The second-order valence-corrected chi connectivity index (χ2v) is 11.2. The van der Waals surface area contributed by atoms with Gasteiger partial charge in [0.05, 0.1) is 24.0 Å². The number of imidazole rings is 1. The quantitative estimate of drug-likeness (QED) is 0.470. The number of hydrogen-bond acceptors (Lipinski definition) is 8. The van der Waals surface area contributed by atoms with E-state index >= 15 is 0 Å². The minimum Gasteiger partial charge on any atom is -0.386 e. The fourth-order valence-corrected chi connectivity index (χ4v) is 5.83. The topological polar surface area (TPSA) is 98.4 Å². The molecule has 9 nitrogen and oxygen atoms in total. The smallest absolute Gasteiger partial charge is 0.225 e. The molecule has 0 aromatic carbocycles. The van der Waals surface area contributed by atoms with Gasteiger partial charge in [-0.05, 0) is 70.4 Å². The molecule has 5 heterocycles. The summed E-state index contributed by atoms with van der Waals surface area (Å²) in [5, 5.41) is 10.8. The number of pyridine rings is 1. The number of halogens is 1. The zero-order valence-corrected chi connectivity index (χ0v) is 22.2. The molecule has 1 saturated carbocycles. The van der Waals surface area contributed by atoms with Gasteiger partial charge in [0.1, 0.15) is 29.7 Å². The summed E-state index contributed by atoms with van der Waals surface area (Å²) < 4.78 is 28.9. The van der Waals surface area contributed by atoms with Gasteiger partial charge < -0.3 is 24.0 Å². The first-order chi connectivity index (χ1) is 18.4. The Balaban J connectivity index is 1.18. The lowest BCUT2D eigenvalue weighted by atomic mass is 9.85. The molecule has 0 spiro atoms. The Hall–Kier alpha value is -2.69. The van der Waals surface area contributed by atoms with Gasteiger partial charge in [0.15, 0.2) is 6.29 Å². The molecule has 3 aromatic heterocycles. The van der Waals surface area contributed by atoms with E-state index in [2.05, 4.69) is 34.4 Å². The second-order valence-electron chi connectivity index (χ2n) is 11.2. The standard InChI is InChI=1S/C28H37FN6O3/c1-18(2)35-23-14-21(31-15-22(23)33-25(35)17-38-26-5-3-4-12-37-26)13-20-8-10-30-27(32-20)34-11-9-28(36,19-6-7-19)24(29)16-34/h8,10,14-15,18-19,24,26,36H,3-7,9,11-13,16-17H2,1-2H3/t24-,26?,28-/m1/s1. The van der Waals surface area contributed by atoms with Gasteiger partial charge in [-0.3, -0.25) is 4.98 Å². The highest BCUT2D eigenvalue weighted by Gasteiger charge is 2.52. The van der Waals surface area contributed by atoms with E-state index in [1.807, 2.05) is 17.2 Å². The molecule has 2 saturated heterocycles. The van der Waals surface area contributed by atoms with Gasteiger partial charge in [-0.1, -0.05) is 0 Å². The van der Waals surface area contributed by atoms with Crippen molar-refractivity contribution in [1.29, 1.82) is 0 Å². The Kier molecular flexibility index (Phi) is 7.05. The Bertz CT molecular complexity index is 1270.